The molecule has 0 spiro atoms. The van der Waals surface area contributed by atoms with Gasteiger partial charge in [0.1, 0.15) is 11.5 Å². The lowest BCUT2D eigenvalue weighted by molar-refractivity contribution is -0.142. The molecule has 0 fully saturated rings. The zero-order valence-electron chi connectivity index (χ0n) is 14.0. The van der Waals surface area contributed by atoms with Gasteiger partial charge >= 0.3 is 5.97 Å². The smallest absolute Gasteiger partial charge is 0.316 e. The molecule has 0 saturated heterocycles. The van der Waals surface area contributed by atoms with Crippen molar-refractivity contribution in [3.05, 3.63) is 51.4 Å². The maximum absolute atomic E-state index is 12.4. The summed E-state index contributed by atoms with van der Waals surface area (Å²) in [6, 6.07) is 6.82. The summed E-state index contributed by atoms with van der Waals surface area (Å²) in [7, 11) is 0. The second-order valence-electron chi connectivity index (χ2n) is 6.71. The van der Waals surface area contributed by atoms with Crippen molar-refractivity contribution in [2.24, 2.45) is 5.41 Å². The van der Waals surface area contributed by atoms with Gasteiger partial charge in [-0.05, 0) is 56.8 Å². The number of esters is 1. The maximum Gasteiger partial charge on any atom is 0.316 e. The molecule has 1 aliphatic rings. The number of thiophene rings is 1. The normalized spacial score (nSPS) is 15.3. The van der Waals surface area contributed by atoms with Gasteiger partial charge in [-0.15, -0.1) is 11.3 Å². The van der Waals surface area contributed by atoms with Gasteiger partial charge in [0.25, 0.3) is 0 Å². The van der Waals surface area contributed by atoms with Crippen LogP contribution in [0.5, 0.6) is 11.5 Å². The first-order valence-electron chi connectivity index (χ1n) is 7.60. The summed E-state index contributed by atoms with van der Waals surface area (Å²) in [5, 5.41) is 1.97. The van der Waals surface area contributed by atoms with Crippen molar-refractivity contribution in [2.45, 2.75) is 27.7 Å². The van der Waals surface area contributed by atoms with E-state index in [2.05, 4.69) is 0 Å². The fourth-order valence-electron chi connectivity index (χ4n) is 2.14. The summed E-state index contributed by atoms with van der Waals surface area (Å²) in [6.07, 6.45) is 1.75. The van der Waals surface area contributed by atoms with Crippen LogP contribution in [0.4, 0.5) is 0 Å². The van der Waals surface area contributed by atoms with Crippen molar-refractivity contribution in [1.29, 1.82) is 0 Å². The minimum absolute atomic E-state index is 0.161. The standard InChI is InChI=1S/C19H18O4S/c1-11-7-8-24-16(11)10-15-17(20)13-6-5-12(9-14(13)23-15)22-18(21)19(2,3)4/h5-10H,1-4H3/b15-10+. The number of benzene rings is 1. The molecule has 0 unspecified atom stereocenters. The van der Waals surface area contributed by atoms with Gasteiger partial charge in [0.2, 0.25) is 5.78 Å². The van der Waals surface area contributed by atoms with Gasteiger partial charge in [-0.1, -0.05) is 0 Å². The van der Waals surface area contributed by atoms with Crippen LogP contribution in [0.3, 0.4) is 0 Å². The Balaban J connectivity index is 1.86. The van der Waals surface area contributed by atoms with E-state index in [4.69, 9.17) is 9.47 Å². The zero-order chi connectivity index (χ0) is 17.5. The first-order chi connectivity index (χ1) is 11.3. The number of hydrogen-bond donors (Lipinski definition) is 0. The molecule has 0 radical (unpaired) electrons. The predicted molar refractivity (Wildman–Crippen MR) is 93.5 cm³/mol. The minimum Gasteiger partial charge on any atom is -0.452 e. The van der Waals surface area contributed by atoms with Gasteiger partial charge in [-0.2, -0.15) is 0 Å². The van der Waals surface area contributed by atoms with Crippen LogP contribution >= 0.6 is 11.3 Å². The number of aryl methyl sites for hydroxylation is 1. The van der Waals surface area contributed by atoms with Crippen LogP contribution in [0, 0.1) is 12.3 Å². The highest BCUT2D eigenvalue weighted by Crippen LogP contribution is 2.36. The van der Waals surface area contributed by atoms with E-state index in [1.165, 1.54) is 0 Å². The number of ketones is 1. The van der Waals surface area contributed by atoms with Crippen molar-refractivity contribution in [3.8, 4) is 11.5 Å². The predicted octanol–water partition coefficient (Wildman–Crippen LogP) is 4.62. The number of fused-ring (bicyclic) bond motifs is 1. The van der Waals surface area contributed by atoms with Crippen LogP contribution in [-0.2, 0) is 4.79 Å². The molecule has 1 aromatic heterocycles. The topological polar surface area (TPSA) is 52.6 Å². The van der Waals surface area contributed by atoms with E-state index in [0.717, 1.165) is 10.4 Å². The van der Waals surface area contributed by atoms with Gasteiger partial charge in [0.05, 0.1) is 11.0 Å². The zero-order valence-corrected chi connectivity index (χ0v) is 14.8. The highest BCUT2D eigenvalue weighted by Gasteiger charge is 2.29. The number of carbonyl (C=O) groups excluding carboxylic acids is 2. The molecule has 24 heavy (non-hydrogen) atoms. The Kier molecular flexibility index (Phi) is 4.05. The summed E-state index contributed by atoms with van der Waals surface area (Å²) in [5.41, 5.74) is 0.975. The molecule has 1 aliphatic heterocycles. The molecule has 124 valence electrons. The highest BCUT2D eigenvalue weighted by atomic mass is 32.1. The van der Waals surface area contributed by atoms with Crippen molar-refractivity contribution >= 4 is 29.2 Å². The lowest BCUT2D eigenvalue weighted by Gasteiger charge is -2.16. The second-order valence-corrected chi connectivity index (χ2v) is 7.65. The van der Waals surface area contributed by atoms with Crippen LogP contribution in [0.15, 0.2) is 35.4 Å². The van der Waals surface area contributed by atoms with E-state index in [1.807, 2.05) is 18.4 Å². The Bertz CT molecular complexity index is 852. The molecule has 1 aromatic carbocycles. The SMILES string of the molecule is Cc1ccsc1/C=C1/Oc2cc(OC(=O)C(C)(C)C)ccc2C1=O. The lowest BCUT2D eigenvalue weighted by Crippen LogP contribution is -2.25. The Morgan fingerprint density at radius 3 is 2.62 bits per heavy atom. The van der Waals surface area contributed by atoms with Crippen LogP contribution in [-0.4, -0.2) is 11.8 Å². The van der Waals surface area contributed by atoms with Crippen molar-refractivity contribution in [2.75, 3.05) is 0 Å². The maximum atomic E-state index is 12.4. The Morgan fingerprint density at radius 1 is 1.25 bits per heavy atom. The van der Waals surface area contributed by atoms with E-state index in [0.29, 0.717) is 17.1 Å². The number of hydrogen-bond acceptors (Lipinski definition) is 5. The third-order valence-corrected chi connectivity index (χ3v) is 4.59. The molecule has 2 aromatic rings. The first-order valence-corrected chi connectivity index (χ1v) is 8.48. The summed E-state index contributed by atoms with van der Waals surface area (Å²) in [4.78, 5) is 25.4. The Morgan fingerprint density at radius 2 is 2.00 bits per heavy atom. The molecule has 5 heteroatoms. The molecular weight excluding hydrogens is 324 g/mol. The number of carbonyl (C=O) groups is 2. The fourth-order valence-corrected chi connectivity index (χ4v) is 2.99. The molecule has 0 saturated carbocycles. The summed E-state index contributed by atoms with van der Waals surface area (Å²) < 4.78 is 11.0. The molecule has 4 nitrogen and oxygen atoms in total. The molecule has 0 N–H and O–H groups in total. The van der Waals surface area contributed by atoms with Gasteiger partial charge < -0.3 is 9.47 Å². The number of Topliss-reactive ketones (excluding diaryl/α,β-unsaturated/α-hetero) is 1. The number of ether oxygens (including phenoxy) is 2. The van der Waals surface area contributed by atoms with E-state index in [9.17, 15) is 9.59 Å². The van der Waals surface area contributed by atoms with Crippen molar-refractivity contribution in [1.82, 2.24) is 0 Å². The van der Waals surface area contributed by atoms with Crippen LogP contribution in [0.1, 0.15) is 41.6 Å². The summed E-state index contributed by atoms with van der Waals surface area (Å²) in [5.74, 6) is 0.577. The van der Waals surface area contributed by atoms with E-state index < -0.39 is 5.41 Å². The van der Waals surface area contributed by atoms with Crippen LogP contribution in [0.2, 0.25) is 0 Å². The van der Waals surface area contributed by atoms with Gasteiger partial charge in [-0.25, -0.2) is 0 Å². The van der Waals surface area contributed by atoms with E-state index in [1.54, 1.807) is 56.4 Å². The van der Waals surface area contributed by atoms with Crippen LogP contribution in [0.25, 0.3) is 6.08 Å². The van der Waals surface area contributed by atoms with E-state index in [-0.39, 0.29) is 17.5 Å². The fraction of sp³-hybridized carbons (Fsp3) is 0.263. The monoisotopic (exact) mass is 342 g/mol. The van der Waals surface area contributed by atoms with Gasteiger partial charge in [0.15, 0.2) is 5.76 Å². The molecule has 0 bridgehead atoms. The highest BCUT2D eigenvalue weighted by molar-refractivity contribution is 7.11. The second kappa shape index (κ2) is 5.91. The lowest BCUT2D eigenvalue weighted by atomic mass is 9.97. The average molecular weight is 342 g/mol. The summed E-state index contributed by atoms with van der Waals surface area (Å²) in [6.45, 7) is 7.34. The minimum atomic E-state index is -0.600. The van der Waals surface area contributed by atoms with Crippen LogP contribution < -0.4 is 9.47 Å². The first kappa shape index (κ1) is 16.5. The largest absolute Gasteiger partial charge is 0.452 e. The Hall–Kier alpha value is -2.40. The molecule has 0 amide bonds. The molecule has 2 heterocycles. The number of allylic oxidation sites excluding steroid dienone is 1. The molecular formula is C19H18O4S. The molecule has 3 rings (SSSR count). The van der Waals surface area contributed by atoms with Gasteiger partial charge in [0, 0.05) is 17.0 Å². The van der Waals surface area contributed by atoms with Crippen molar-refractivity contribution in [3.63, 3.8) is 0 Å². The molecule has 0 aliphatic carbocycles. The summed E-state index contributed by atoms with van der Waals surface area (Å²) >= 11 is 1.55. The van der Waals surface area contributed by atoms with E-state index >= 15 is 0 Å². The van der Waals surface area contributed by atoms with Gasteiger partial charge in [-0.3, -0.25) is 9.59 Å². The average Bonchev–Trinajstić information content (AvgIpc) is 3.03. The Labute approximate surface area is 144 Å². The van der Waals surface area contributed by atoms with Crippen molar-refractivity contribution < 1.29 is 19.1 Å². The quantitative estimate of drug-likeness (QED) is 0.454. The third kappa shape index (κ3) is 3.12. The number of rotatable bonds is 2. The molecule has 0 atom stereocenters. The third-order valence-electron chi connectivity index (χ3n) is 3.63.